The van der Waals surface area contributed by atoms with E-state index in [4.69, 9.17) is 23.9 Å². The van der Waals surface area contributed by atoms with Gasteiger partial charge in [-0.15, -0.1) is 24.0 Å². The van der Waals surface area contributed by atoms with Crippen molar-refractivity contribution >= 4 is 35.9 Å². The molecule has 1 N–H and O–H groups in total. The van der Waals surface area contributed by atoms with E-state index in [1.807, 2.05) is 26.0 Å². The van der Waals surface area contributed by atoms with Gasteiger partial charge < -0.3 is 29.2 Å². The molecular weight excluding hydrogens is 501 g/mol. The second-order valence-corrected chi connectivity index (χ2v) is 6.72. The number of halogens is 1. The average Bonchev–Trinajstić information content (AvgIpc) is 2.76. The summed E-state index contributed by atoms with van der Waals surface area (Å²) in [7, 11) is 4.78. The highest BCUT2D eigenvalue weighted by molar-refractivity contribution is 14.0. The van der Waals surface area contributed by atoms with Crippen LogP contribution in [0.3, 0.4) is 0 Å². The quantitative estimate of drug-likeness (QED) is 0.237. The Balaban J connectivity index is 0.00000450. The molecule has 30 heavy (non-hydrogen) atoms. The van der Waals surface area contributed by atoms with Gasteiger partial charge in [-0.25, -0.2) is 4.99 Å². The highest BCUT2D eigenvalue weighted by Gasteiger charge is 2.27. The van der Waals surface area contributed by atoms with Gasteiger partial charge in [-0.05, 0) is 44.4 Å². The molecule has 1 heterocycles. The van der Waals surface area contributed by atoms with Crippen molar-refractivity contribution in [2.24, 2.45) is 10.9 Å². The van der Waals surface area contributed by atoms with Crippen LogP contribution in [0.2, 0.25) is 0 Å². The van der Waals surface area contributed by atoms with Crippen molar-refractivity contribution in [2.75, 3.05) is 47.6 Å². The molecule has 170 valence electrons. The van der Waals surface area contributed by atoms with Gasteiger partial charge in [-0.2, -0.15) is 0 Å². The molecule has 1 fully saturated rings. The van der Waals surface area contributed by atoms with Crippen molar-refractivity contribution in [1.82, 2.24) is 10.2 Å². The smallest absolute Gasteiger partial charge is 0.309 e. The number of nitrogens with zero attached hydrogens (tertiary/aromatic N) is 2. The van der Waals surface area contributed by atoms with Crippen LogP contribution in [-0.2, 0) is 16.1 Å². The summed E-state index contributed by atoms with van der Waals surface area (Å²) in [6.07, 6.45) is 1.54. The lowest BCUT2D eigenvalue weighted by molar-refractivity contribution is -0.149. The molecule has 0 bridgehead atoms. The van der Waals surface area contributed by atoms with Gasteiger partial charge in [0, 0.05) is 19.6 Å². The standard InChI is InChI=1S/C21H33N3O5.HI/c1-6-22-21(24-10-8-16(9-11-24)20(25)29-7-2)23-14-15-12-17(26-3)19(28-5)18(13-15)27-4;/h12-13,16H,6-11,14H2,1-5H3,(H,22,23);1H. The summed E-state index contributed by atoms with van der Waals surface area (Å²) in [6, 6.07) is 3.81. The molecular formula is C21H34IN3O5. The Morgan fingerprint density at radius 2 is 1.70 bits per heavy atom. The summed E-state index contributed by atoms with van der Waals surface area (Å²) in [5.41, 5.74) is 0.955. The number of ether oxygens (including phenoxy) is 4. The molecule has 1 aliphatic rings. The first kappa shape index (κ1) is 26.1. The molecule has 0 atom stereocenters. The van der Waals surface area contributed by atoms with Crippen LogP contribution in [0, 0.1) is 5.92 Å². The number of guanidine groups is 1. The number of likely N-dealkylation sites (tertiary alicyclic amines) is 1. The second kappa shape index (κ2) is 13.4. The Kier molecular flexibility index (Phi) is 11.7. The Bertz CT molecular complexity index is 681. The number of piperidine rings is 1. The normalized spacial score (nSPS) is 14.6. The molecule has 9 heteroatoms. The first-order valence-electron chi connectivity index (χ1n) is 10.1. The predicted molar refractivity (Wildman–Crippen MR) is 127 cm³/mol. The number of carbonyl (C=O) groups excluding carboxylic acids is 1. The number of nitrogens with one attached hydrogen (secondary N) is 1. The van der Waals surface area contributed by atoms with Gasteiger partial charge in [0.05, 0.1) is 40.4 Å². The fraction of sp³-hybridized carbons (Fsp3) is 0.619. The van der Waals surface area contributed by atoms with E-state index in [2.05, 4.69) is 10.2 Å². The maximum Gasteiger partial charge on any atom is 0.309 e. The lowest BCUT2D eigenvalue weighted by Crippen LogP contribution is -2.46. The van der Waals surface area contributed by atoms with Crippen molar-refractivity contribution in [3.63, 3.8) is 0 Å². The Labute approximate surface area is 196 Å². The number of hydrogen-bond acceptors (Lipinski definition) is 6. The molecule has 0 radical (unpaired) electrons. The molecule has 1 aromatic rings. The molecule has 2 rings (SSSR count). The SMILES string of the molecule is CCNC(=NCc1cc(OC)c(OC)c(OC)c1)N1CCC(C(=O)OCC)CC1.I. The number of hydrogen-bond donors (Lipinski definition) is 1. The van der Waals surface area contributed by atoms with Gasteiger partial charge in [0.2, 0.25) is 5.75 Å². The fourth-order valence-electron chi connectivity index (χ4n) is 3.41. The third kappa shape index (κ3) is 6.82. The Morgan fingerprint density at radius 1 is 1.10 bits per heavy atom. The van der Waals surface area contributed by atoms with Crippen LogP contribution in [0.5, 0.6) is 17.2 Å². The van der Waals surface area contributed by atoms with Crippen LogP contribution in [0.15, 0.2) is 17.1 Å². The zero-order valence-electron chi connectivity index (χ0n) is 18.5. The number of methoxy groups -OCH3 is 3. The lowest BCUT2D eigenvalue weighted by atomic mass is 9.97. The zero-order valence-corrected chi connectivity index (χ0v) is 20.9. The summed E-state index contributed by atoms with van der Waals surface area (Å²) in [5.74, 6) is 2.50. The van der Waals surface area contributed by atoms with Crippen LogP contribution in [0.1, 0.15) is 32.3 Å². The third-order valence-corrected chi connectivity index (χ3v) is 4.89. The van der Waals surface area contributed by atoms with Crippen molar-refractivity contribution < 1.29 is 23.7 Å². The lowest BCUT2D eigenvalue weighted by Gasteiger charge is -2.33. The summed E-state index contributed by atoms with van der Waals surface area (Å²) in [4.78, 5) is 18.9. The molecule has 1 aliphatic heterocycles. The van der Waals surface area contributed by atoms with E-state index in [1.54, 1.807) is 21.3 Å². The highest BCUT2D eigenvalue weighted by Crippen LogP contribution is 2.38. The van der Waals surface area contributed by atoms with E-state index < -0.39 is 0 Å². The molecule has 1 saturated heterocycles. The van der Waals surface area contributed by atoms with E-state index in [0.717, 1.165) is 44.0 Å². The maximum absolute atomic E-state index is 12.0. The maximum atomic E-state index is 12.0. The van der Waals surface area contributed by atoms with E-state index in [9.17, 15) is 4.79 Å². The summed E-state index contributed by atoms with van der Waals surface area (Å²) < 4.78 is 21.4. The van der Waals surface area contributed by atoms with Crippen LogP contribution < -0.4 is 19.5 Å². The summed E-state index contributed by atoms with van der Waals surface area (Å²) in [5, 5.41) is 3.34. The number of benzene rings is 1. The molecule has 0 spiro atoms. The molecule has 0 amide bonds. The summed E-state index contributed by atoms with van der Waals surface area (Å²) >= 11 is 0. The average molecular weight is 535 g/mol. The molecule has 0 aliphatic carbocycles. The molecule has 0 aromatic heterocycles. The van der Waals surface area contributed by atoms with Crippen LogP contribution in [0.4, 0.5) is 0 Å². The van der Waals surface area contributed by atoms with Gasteiger partial charge in [0.25, 0.3) is 0 Å². The van der Waals surface area contributed by atoms with Crippen LogP contribution in [0.25, 0.3) is 0 Å². The molecule has 8 nitrogen and oxygen atoms in total. The van der Waals surface area contributed by atoms with Crippen LogP contribution in [-0.4, -0.2) is 64.4 Å². The Morgan fingerprint density at radius 3 is 2.17 bits per heavy atom. The van der Waals surface area contributed by atoms with E-state index in [-0.39, 0.29) is 35.9 Å². The topological polar surface area (TPSA) is 81.6 Å². The largest absolute Gasteiger partial charge is 0.493 e. The van der Waals surface area contributed by atoms with Crippen molar-refractivity contribution in [3.05, 3.63) is 17.7 Å². The number of rotatable bonds is 8. The minimum absolute atomic E-state index is 0. The van der Waals surface area contributed by atoms with E-state index >= 15 is 0 Å². The van der Waals surface area contributed by atoms with Crippen molar-refractivity contribution in [3.8, 4) is 17.2 Å². The van der Waals surface area contributed by atoms with Gasteiger partial charge in [-0.3, -0.25) is 4.79 Å². The van der Waals surface area contributed by atoms with E-state index in [1.165, 1.54) is 0 Å². The Hall–Kier alpha value is -1.91. The number of esters is 1. The van der Waals surface area contributed by atoms with Gasteiger partial charge in [0.1, 0.15) is 0 Å². The molecule has 0 saturated carbocycles. The van der Waals surface area contributed by atoms with E-state index in [0.29, 0.717) is 30.4 Å². The fourth-order valence-corrected chi connectivity index (χ4v) is 3.41. The first-order chi connectivity index (χ1) is 14.1. The van der Waals surface area contributed by atoms with Crippen molar-refractivity contribution in [1.29, 1.82) is 0 Å². The third-order valence-electron chi connectivity index (χ3n) is 4.89. The molecule has 1 aromatic carbocycles. The number of aliphatic imine (C=N–C) groups is 1. The minimum Gasteiger partial charge on any atom is -0.493 e. The van der Waals surface area contributed by atoms with Gasteiger partial charge >= 0.3 is 5.97 Å². The minimum atomic E-state index is -0.0912. The second-order valence-electron chi connectivity index (χ2n) is 6.72. The van der Waals surface area contributed by atoms with Gasteiger partial charge in [-0.1, -0.05) is 0 Å². The monoisotopic (exact) mass is 535 g/mol. The van der Waals surface area contributed by atoms with Crippen molar-refractivity contribution in [2.45, 2.75) is 33.2 Å². The summed E-state index contributed by atoms with van der Waals surface area (Å²) in [6.45, 7) is 7.09. The first-order valence-corrected chi connectivity index (χ1v) is 10.1. The van der Waals surface area contributed by atoms with Crippen LogP contribution >= 0.6 is 24.0 Å². The van der Waals surface area contributed by atoms with Gasteiger partial charge in [0.15, 0.2) is 17.5 Å². The molecule has 0 unspecified atom stereocenters. The highest BCUT2D eigenvalue weighted by atomic mass is 127. The zero-order chi connectivity index (χ0) is 21.2. The number of carbonyl (C=O) groups is 1. The predicted octanol–water partition coefficient (Wildman–Crippen LogP) is 3.07.